The molecule has 166 valence electrons. The Morgan fingerprint density at radius 1 is 1.06 bits per heavy atom. The van der Waals surface area contributed by atoms with E-state index in [9.17, 15) is 9.18 Å². The predicted octanol–water partition coefficient (Wildman–Crippen LogP) is 4.81. The van der Waals surface area contributed by atoms with E-state index in [1.807, 2.05) is 24.4 Å². The zero-order chi connectivity index (χ0) is 22.9. The Labute approximate surface area is 190 Å². The molecule has 5 rings (SSSR count). The van der Waals surface area contributed by atoms with E-state index in [0.717, 1.165) is 36.0 Å². The number of nitrogens with one attached hydrogen (secondary N) is 3. The molecule has 2 heterocycles. The standard InChI is InChI=1S/C25H23FN6O/c26-19-9-18(24(28)32(14-27)21-4-5-21)10-20(12-19)31-25(33)23-11-16(7-8-29-23)17-3-6-22(30-13-17)15-1-2-15/h3,6-15,21,27-28H,1-2,4-5H2,(H,31,33). The van der Waals surface area contributed by atoms with Crippen LogP contribution < -0.4 is 5.32 Å². The summed E-state index contributed by atoms with van der Waals surface area (Å²) in [6.07, 6.45) is 8.63. The summed E-state index contributed by atoms with van der Waals surface area (Å²) >= 11 is 0. The lowest BCUT2D eigenvalue weighted by Crippen LogP contribution is -2.31. The first-order chi connectivity index (χ1) is 16.0. The number of pyridine rings is 2. The van der Waals surface area contributed by atoms with Crippen molar-refractivity contribution in [3.63, 3.8) is 0 Å². The molecule has 33 heavy (non-hydrogen) atoms. The Morgan fingerprint density at radius 3 is 2.55 bits per heavy atom. The van der Waals surface area contributed by atoms with Crippen LogP contribution in [0, 0.1) is 16.6 Å². The molecule has 0 radical (unpaired) electrons. The van der Waals surface area contributed by atoms with Crippen molar-refractivity contribution < 1.29 is 9.18 Å². The van der Waals surface area contributed by atoms with E-state index < -0.39 is 11.7 Å². The van der Waals surface area contributed by atoms with E-state index in [4.69, 9.17) is 10.8 Å². The largest absolute Gasteiger partial charge is 0.321 e. The fourth-order valence-electron chi connectivity index (χ4n) is 3.78. The highest BCUT2D eigenvalue weighted by atomic mass is 19.1. The number of benzene rings is 1. The van der Waals surface area contributed by atoms with E-state index in [-0.39, 0.29) is 23.3 Å². The van der Waals surface area contributed by atoms with Crippen molar-refractivity contribution in [2.45, 2.75) is 37.6 Å². The van der Waals surface area contributed by atoms with E-state index >= 15 is 0 Å². The molecule has 2 saturated carbocycles. The second kappa shape index (κ2) is 8.54. The normalized spacial score (nSPS) is 15.1. The third-order valence-electron chi connectivity index (χ3n) is 5.87. The molecular weight excluding hydrogens is 419 g/mol. The smallest absolute Gasteiger partial charge is 0.274 e. The number of carbonyl (C=O) groups is 1. The number of amidine groups is 1. The van der Waals surface area contributed by atoms with Gasteiger partial charge in [-0.3, -0.25) is 25.6 Å². The molecular formula is C25H23FN6O. The highest BCUT2D eigenvalue weighted by Crippen LogP contribution is 2.39. The Hall–Kier alpha value is -3.94. The van der Waals surface area contributed by atoms with Gasteiger partial charge in [0.2, 0.25) is 0 Å². The van der Waals surface area contributed by atoms with Gasteiger partial charge >= 0.3 is 0 Å². The van der Waals surface area contributed by atoms with Gasteiger partial charge in [0.1, 0.15) is 17.3 Å². The van der Waals surface area contributed by atoms with Crippen LogP contribution >= 0.6 is 0 Å². The molecule has 7 nitrogen and oxygen atoms in total. The van der Waals surface area contributed by atoms with Crippen LogP contribution in [0.2, 0.25) is 0 Å². The van der Waals surface area contributed by atoms with Crippen molar-refractivity contribution >= 4 is 23.8 Å². The average Bonchev–Trinajstić information content (AvgIpc) is 3.73. The molecule has 3 N–H and O–H groups in total. The fourth-order valence-corrected chi connectivity index (χ4v) is 3.78. The van der Waals surface area contributed by atoms with Crippen LogP contribution in [0.3, 0.4) is 0 Å². The van der Waals surface area contributed by atoms with Gasteiger partial charge in [-0.1, -0.05) is 6.07 Å². The van der Waals surface area contributed by atoms with E-state index in [1.54, 1.807) is 12.3 Å². The summed E-state index contributed by atoms with van der Waals surface area (Å²) in [7, 11) is 0. The van der Waals surface area contributed by atoms with Crippen LogP contribution in [0.4, 0.5) is 10.1 Å². The number of amides is 1. The fraction of sp³-hybridized carbons (Fsp3) is 0.240. The van der Waals surface area contributed by atoms with E-state index in [0.29, 0.717) is 11.5 Å². The topological polar surface area (TPSA) is 106 Å². The van der Waals surface area contributed by atoms with Crippen LogP contribution in [0.5, 0.6) is 0 Å². The molecule has 0 bridgehead atoms. The highest BCUT2D eigenvalue weighted by molar-refractivity contribution is 6.06. The minimum Gasteiger partial charge on any atom is -0.321 e. The Kier molecular flexibility index (Phi) is 5.42. The molecule has 1 amide bonds. The van der Waals surface area contributed by atoms with Crippen LogP contribution in [0.25, 0.3) is 11.1 Å². The quantitative estimate of drug-likeness (QED) is 0.361. The summed E-state index contributed by atoms with van der Waals surface area (Å²) < 4.78 is 14.3. The number of aromatic nitrogens is 2. The van der Waals surface area contributed by atoms with Gasteiger partial charge in [-0.15, -0.1) is 0 Å². The zero-order valence-electron chi connectivity index (χ0n) is 17.9. The van der Waals surface area contributed by atoms with Crippen molar-refractivity contribution in [3.05, 3.63) is 77.6 Å². The van der Waals surface area contributed by atoms with Gasteiger partial charge in [0.15, 0.2) is 0 Å². The van der Waals surface area contributed by atoms with Crippen LogP contribution in [-0.2, 0) is 0 Å². The van der Waals surface area contributed by atoms with Crippen LogP contribution in [-0.4, -0.2) is 39.0 Å². The van der Waals surface area contributed by atoms with E-state index in [1.165, 1.54) is 35.9 Å². The molecule has 1 aromatic carbocycles. The molecule has 2 aliphatic carbocycles. The summed E-state index contributed by atoms with van der Waals surface area (Å²) in [4.78, 5) is 23.0. The van der Waals surface area contributed by atoms with Gasteiger partial charge < -0.3 is 10.2 Å². The van der Waals surface area contributed by atoms with Gasteiger partial charge in [0, 0.05) is 46.9 Å². The molecule has 2 aromatic heterocycles. The van der Waals surface area contributed by atoms with Gasteiger partial charge in [0.05, 0.1) is 6.34 Å². The van der Waals surface area contributed by atoms with Gasteiger partial charge in [0.25, 0.3) is 5.91 Å². The lowest BCUT2D eigenvalue weighted by atomic mass is 10.1. The van der Waals surface area contributed by atoms with Crippen LogP contribution in [0.15, 0.2) is 54.9 Å². The van der Waals surface area contributed by atoms with Crippen molar-refractivity contribution in [3.8, 4) is 11.1 Å². The van der Waals surface area contributed by atoms with Gasteiger partial charge in [-0.25, -0.2) is 4.39 Å². The number of halogens is 1. The summed E-state index contributed by atoms with van der Waals surface area (Å²) in [6, 6.07) is 11.6. The number of nitrogens with zero attached hydrogens (tertiary/aromatic N) is 3. The minimum absolute atomic E-state index is 0.0322. The molecule has 3 aromatic rings. The number of anilines is 1. The number of rotatable bonds is 7. The molecule has 0 atom stereocenters. The lowest BCUT2D eigenvalue weighted by molar-refractivity contribution is 0.102. The summed E-state index contributed by atoms with van der Waals surface area (Å²) in [5.74, 6) is -0.444. The molecule has 0 aliphatic heterocycles. The maximum atomic E-state index is 14.3. The molecule has 2 aliphatic rings. The Morgan fingerprint density at radius 2 is 1.88 bits per heavy atom. The second-order valence-corrected chi connectivity index (χ2v) is 8.47. The SMILES string of the molecule is N=CN(C(=N)c1cc(F)cc(NC(=O)c2cc(-c3ccc(C4CC4)nc3)ccn2)c1)C1CC1. The van der Waals surface area contributed by atoms with Crippen molar-refractivity contribution in [2.75, 3.05) is 5.32 Å². The molecule has 2 fully saturated rings. The molecule has 0 saturated heterocycles. The Balaban J connectivity index is 1.34. The Bertz CT molecular complexity index is 1230. The maximum absolute atomic E-state index is 14.3. The number of carbonyl (C=O) groups excluding carboxylic acids is 1. The first kappa shape index (κ1) is 20.9. The minimum atomic E-state index is -0.572. The summed E-state index contributed by atoms with van der Waals surface area (Å²) in [5, 5.41) is 18.6. The first-order valence-corrected chi connectivity index (χ1v) is 10.9. The highest BCUT2D eigenvalue weighted by Gasteiger charge is 2.30. The van der Waals surface area contributed by atoms with E-state index in [2.05, 4.69) is 15.3 Å². The molecule has 8 heteroatoms. The predicted molar refractivity (Wildman–Crippen MR) is 124 cm³/mol. The number of hydrogen-bond donors (Lipinski definition) is 3. The molecule has 0 spiro atoms. The summed E-state index contributed by atoms with van der Waals surface area (Å²) in [5.41, 5.74) is 3.52. The van der Waals surface area contributed by atoms with Gasteiger partial charge in [-0.05, 0) is 67.6 Å². The summed E-state index contributed by atoms with van der Waals surface area (Å²) in [6.45, 7) is 0. The van der Waals surface area contributed by atoms with Crippen molar-refractivity contribution in [2.24, 2.45) is 0 Å². The third kappa shape index (κ3) is 4.64. The van der Waals surface area contributed by atoms with Crippen molar-refractivity contribution in [1.82, 2.24) is 14.9 Å². The third-order valence-corrected chi connectivity index (χ3v) is 5.87. The molecule has 0 unspecified atom stereocenters. The lowest BCUT2D eigenvalue weighted by Gasteiger charge is -2.19. The van der Waals surface area contributed by atoms with Gasteiger partial charge in [-0.2, -0.15) is 0 Å². The second-order valence-electron chi connectivity index (χ2n) is 8.47. The van der Waals surface area contributed by atoms with Crippen LogP contribution in [0.1, 0.15) is 53.3 Å². The monoisotopic (exact) mass is 442 g/mol. The maximum Gasteiger partial charge on any atom is 0.274 e. The first-order valence-electron chi connectivity index (χ1n) is 10.9. The van der Waals surface area contributed by atoms with Crippen molar-refractivity contribution in [1.29, 1.82) is 10.8 Å². The zero-order valence-corrected chi connectivity index (χ0v) is 17.9. The number of hydrogen-bond acceptors (Lipinski definition) is 5. The average molecular weight is 442 g/mol.